The van der Waals surface area contributed by atoms with Crippen molar-refractivity contribution in [1.82, 2.24) is 0 Å². The quantitative estimate of drug-likeness (QED) is 0.141. The Balaban J connectivity index is 2.40. The number of ether oxygens (including phenoxy) is 1. The zero-order valence-corrected chi connectivity index (χ0v) is 14.6. The fourth-order valence-electron chi connectivity index (χ4n) is 2.86. The van der Waals surface area contributed by atoms with Gasteiger partial charge in [0.15, 0.2) is 35.0 Å². The number of aliphatic hydroxyl groups is 1. The average molecular weight is 389 g/mol. The number of esters is 1. The SMILES string of the molecule is CCOC(=O)C(C=NC1(CCO)CCC1)C(=O)c1cc(F)c(F)c(F)c1F. The van der Waals surface area contributed by atoms with E-state index in [2.05, 4.69) is 4.99 Å². The number of benzene rings is 1. The summed E-state index contributed by atoms with van der Waals surface area (Å²) in [6, 6.07) is 0.197. The van der Waals surface area contributed by atoms with E-state index in [9.17, 15) is 27.2 Å². The summed E-state index contributed by atoms with van der Waals surface area (Å²) >= 11 is 0. The minimum atomic E-state index is -2.14. The number of carbonyl (C=O) groups is 2. The van der Waals surface area contributed by atoms with Gasteiger partial charge >= 0.3 is 5.97 Å². The molecule has 1 aliphatic carbocycles. The van der Waals surface area contributed by atoms with Crippen LogP contribution in [0, 0.1) is 29.2 Å². The number of hydrogen-bond donors (Lipinski definition) is 1. The van der Waals surface area contributed by atoms with Crippen molar-refractivity contribution in [2.75, 3.05) is 13.2 Å². The molecule has 9 heteroatoms. The van der Waals surface area contributed by atoms with E-state index in [1.165, 1.54) is 6.92 Å². The Morgan fingerprint density at radius 2 is 1.93 bits per heavy atom. The predicted molar refractivity (Wildman–Crippen MR) is 87.5 cm³/mol. The molecule has 1 fully saturated rings. The Morgan fingerprint density at radius 1 is 1.26 bits per heavy atom. The van der Waals surface area contributed by atoms with Crippen LogP contribution in [-0.4, -0.2) is 41.8 Å². The van der Waals surface area contributed by atoms with Crippen LogP contribution in [-0.2, 0) is 9.53 Å². The van der Waals surface area contributed by atoms with Crippen LogP contribution in [0.2, 0.25) is 0 Å². The van der Waals surface area contributed by atoms with Gasteiger partial charge in [-0.05, 0) is 38.7 Å². The lowest BCUT2D eigenvalue weighted by molar-refractivity contribution is -0.144. The minimum Gasteiger partial charge on any atom is -0.465 e. The van der Waals surface area contributed by atoms with Gasteiger partial charge in [-0.15, -0.1) is 0 Å². The van der Waals surface area contributed by atoms with Crippen LogP contribution in [0.3, 0.4) is 0 Å². The van der Waals surface area contributed by atoms with E-state index >= 15 is 0 Å². The molecule has 0 aliphatic heterocycles. The van der Waals surface area contributed by atoms with Crippen molar-refractivity contribution in [3.05, 3.63) is 34.9 Å². The first-order valence-electron chi connectivity index (χ1n) is 8.46. The summed E-state index contributed by atoms with van der Waals surface area (Å²) in [7, 11) is 0. The molecule has 0 saturated heterocycles. The van der Waals surface area contributed by atoms with Gasteiger partial charge in [-0.25, -0.2) is 17.6 Å². The fraction of sp³-hybridized carbons (Fsp3) is 0.500. The smallest absolute Gasteiger partial charge is 0.322 e. The lowest BCUT2D eigenvalue weighted by Gasteiger charge is -2.38. The number of halogens is 4. The first-order valence-corrected chi connectivity index (χ1v) is 8.46. The van der Waals surface area contributed by atoms with E-state index in [1.807, 2.05) is 0 Å². The molecule has 1 aliphatic rings. The largest absolute Gasteiger partial charge is 0.465 e. The topological polar surface area (TPSA) is 76.0 Å². The van der Waals surface area contributed by atoms with Crippen LogP contribution < -0.4 is 0 Å². The zero-order chi connectivity index (χ0) is 20.2. The van der Waals surface area contributed by atoms with Crippen LogP contribution in [0.4, 0.5) is 17.6 Å². The second-order valence-electron chi connectivity index (χ2n) is 6.27. The number of ketones is 1. The van der Waals surface area contributed by atoms with Crippen LogP contribution in [0.15, 0.2) is 11.1 Å². The van der Waals surface area contributed by atoms with Gasteiger partial charge in [0, 0.05) is 12.8 Å². The predicted octanol–water partition coefficient (Wildman–Crippen LogP) is 2.98. The maximum Gasteiger partial charge on any atom is 0.322 e. The summed E-state index contributed by atoms with van der Waals surface area (Å²) in [5.74, 6) is -12.0. The molecule has 0 heterocycles. The zero-order valence-electron chi connectivity index (χ0n) is 14.6. The molecule has 5 nitrogen and oxygen atoms in total. The summed E-state index contributed by atoms with van der Waals surface area (Å²) < 4.78 is 58.7. The molecule has 1 aromatic carbocycles. The molecular formula is C18H19F4NO4. The Hall–Kier alpha value is -2.29. The monoisotopic (exact) mass is 389 g/mol. The van der Waals surface area contributed by atoms with Gasteiger partial charge in [0.2, 0.25) is 0 Å². The van der Waals surface area contributed by atoms with Crippen LogP contribution in [0.1, 0.15) is 43.0 Å². The lowest BCUT2D eigenvalue weighted by atomic mass is 9.75. The molecule has 1 atom stereocenters. The summed E-state index contributed by atoms with van der Waals surface area (Å²) in [5.41, 5.74) is -1.75. The van der Waals surface area contributed by atoms with E-state index < -0.39 is 52.0 Å². The molecule has 0 spiro atoms. The normalized spacial score (nSPS) is 16.8. The Morgan fingerprint density at radius 3 is 2.44 bits per heavy atom. The first-order chi connectivity index (χ1) is 12.8. The summed E-state index contributed by atoms with van der Waals surface area (Å²) in [4.78, 5) is 28.9. The highest BCUT2D eigenvalue weighted by molar-refractivity contribution is 6.18. The van der Waals surface area contributed by atoms with E-state index in [-0.39, 0.29) is 19.3 Å². The number of hydrogen-bond acceptors (Lipinski definition) is 5. The highest BCUT2D eigenvalue weighted by Gasteiger charge is 2.38. The second kappa shape index (κ2) is 8.60. The van der Waals surface area contributed by atoms with Gasteiger partial charge in [0.1, 0.15) is 0 Å². The number of aliphatic imine (C=N–C) groups is 1. The molecular weight excluding hydrogens is 370 g/mol. The van der Waals surface area contributed by atoms with E-state index in [0.717, 1.165) is 12.6 Å². The van der Waals surface area contributed by atoms with E-state index in [0.29, 0.717) is 19.3 Å². The highest BCUT2D eigenvalue weighted by atomic mass is 19.2. The molecule has 1 unspecified atom stereocenters. The number of nitrogens with zero attached hydrogens (tertiary/aromatic N) is 1. The van der Waals surface area contributed by atoms with Crippen molar-refractivity contribution in [2.45, 2.75) is 38.1 Å². The van der Waals surface area contributed by atoms with Gasteiger partial charge in [0.25, 0.3) is 0 Å². The van der Waals surface area contributed by atoms with Crippen molar-refractivity contribution < 1.29 is 37.0 Å². The molecule has 27 heavy (non-hydrogen) atoms. The third-order valence-electron chi connectivity index (χ3n) is 4.55. The van der Waals surface area contributed by atoms with Gasteiger partial charge in [-0.2, -0.15) is 0 Å². The lowest BCUT2D eigenvalue weighted by Crippen LogP contribution is -2.37. The molecule has 0 amide bonds. The minimum absolute atomic E-state index is 0.0904. The van der Waals surface area contributed by atoms with Gasteiger partial charge < -0.3 is 9.84 Å². The maximum absolute atomic E-state index is 13.9. The Labute approximate surface area is 153 Å². The molecule has 2 rings (SSSR count). The molecule has 148 valence electrons. The molecule has 1 saturated carbocycles. The molecule has 0 aromatic heterocycles. The Kier molecular flexibility index (Phi) is 6.69. The van der Waals surface area contributed by atoms with Crippen LogP contribution >= 0.6 is 0 Å². The summed E-state index contributed by atoms with van der Waals surface area (Å²) in [6.07, 6.45) is 3.36. The summed E-state index contributed by atoms with van der Waals surface area (Å²) in [6.45, 7) is 1.23. The van der Waals surface area contributed by atoms with Crippen molar-refractivity contribution in [1.29, 1.82) is 0 Å². The average Bonchev–Trinajstić information content (AvgIpc) is 2.60. The van der Waals surface area contributed by atoms with Gasteiger partial charge in [-0.1, -0.05) is 0 Å². The van der Waals surface area contributed by atoms with Crippen molar-refractivity contribution in [2.24, 2.45) is 10.9 Å². The van der Waals surface area contributed by atoms with Crippen molar-refractivity contribution in [3.8, 4) is 0 Å². The third kappa shape index (κ3) is 4.35. The first kappa shape index (κ1) is 21.0. The number of aliphatic hydroxyl groups excluding tert-OH is 1. The third-order valence-corrected chi connectivity index (χ3v) is 4.55. The molecule has 1 N–H and O–H groups in total. The Bertz CT molecular complexity index is 762. The van der Waals surface area contributed by atoms with Crippen molar-refractivity contribution >= 4 is 18.0 Å². The number of rotatable bonds is 8. The van der Waals surface area contributed by atoms with Gasteiger partial charge in [0.05, 0.1) is 17.7 Å². The van der Waals surface area contributed by atoms with Crippen LogP contribution in [0.25, 0.3) is 0 Å². The molecule has 0 bridgehead atoms. The van der Waals surface area contributed by atoms with Gasteiger partial charge in [-0.3, -0.25) is 14.6 Å². The molecule has 1 aromatic rings. The number of carbonyl (C=O) groups excluding carboxylic acids is 2. The van der Waals surface area contributed by atoms with Crippen LogP contribution in [0.5, 0.6) is 0 Å². The molecule has 0 radical (unpaired) electrons. The highest BCUT2D eigenvalue weighted by Crippen LogP contribution is 2.38. The van der Waals surface area contributed by atoms with Crippen molar-refractivity contribution in [3.63, 3.8) is 0 Å². The number of Topliss-reactive ketones (excluding diaryl/α,β-unsaturated/α-hetero) is 1. The standard InChI is InChI=1S/C18H19F4NO4/c1-2-27-17(26)11(9-23-18(6-7-24)4-3-5-18)16(25)10-8-12(19)14(21)15(22)13(10)20/h8-9,11,24H,2-7H2,1H3. The fourth-order valence-corrected chi connectivity index (χ4v) is 2.86. The van der Waals surface area contributed by atoms with E-state index in [1.54, 1.807) is 0 Å². The summed E-state index contributed by atoms with van der Waals surface area (Å²) in [5, 5.41) is 9.14. The second-order valence-corrected chi connectivity index (χ2v) is 6.27. The maximum atomic E-state index is 13.9. The van der Waals surface area contributed by atoms with E-state index in [4.69, 9.17) is 9.84 Å².